The predicted molar refractivity (Wildman–Crippen MR) is 203 cm³/mol. The fraction of sp³-hybridized carbons (Fsp3) is 0.195. The van der Waals surface area contributed by atoms with Gasteiger partial charge in [-0.15, -0.1) is 0 Å². The number of imidazole rings is 1. The van der Waals surface area contributed by atoms with Crippen LogP contribution >= 0.6 is 11.6 Å². The molecule has 1 aliphatic rings. The predicted octanol–water partition coefficient (Wildman–Crippen LogP) is 8.58. The molecule has 0 unspecified atom stereocenters. The number of allylic oxidation sites excluding steroid dienone is 1. The Kier molecular flexibility index (Phi) is 9.73. The van der Waals surface area contributed by atoms with Gasteiger partial charge >= 0.3 is 0 Å². The quantitative estimate of drug-likeness (QED) is 0.142. The number of methoxy groups -OCH3 is 5. The normalized spacial score (nSPS) is 12.8. The molecule has 52 heavy (non-hydrogen) atoms. The minimum atomic E-state index is -0.256. The van der Waals surface area contributed by atoms with E-state index < -0.39 is 0 Å². The molecule has 0 aliphatic heterocycles. The van der Waals surface area contributed by atoms with E-state index in [4.69, 9.17) is 45.3 Å². The fourth-order valence-corrected chi connectivity index (χ4v) is 6.85. The van der Waals surface area contributed by atoms with Crippen LogP contribution in [0.5, 0.6) is 28.7 Å². The number of hydrogen-bond acceptors (Lipinski definition) is 8. The van der Waals surface area contributed by atoms with Gasteiger partial charge in [-0.05, 0) is 83.6 Å². The van der Waals surface area contributed by atoms with Crippen LogP contribution in [0.4, 0.5) is 5.82 Å². The van der Waals surface area contributed by atoms with Crippen LogP contribution in [-0.4, -0.2) is 56.0 Å². The van der Waals surface area contributed by atoms with Crippen LogP contribution in [0.2, 0.25) is 5.02 Å². The Labute approximate surface area is 306 Å². The number of rotatable bonds is 11. The molecule has 0 saturated heterocycles. The highest BCUT2D eigenvalue weighted by Gasteiger charge is 2.28. The average molecular weight is 717 g/mol. The molecule has 0 radical (unpaired) electrons. The number of nitrogens with one attached hydrogen (secondary N) is 1. The molecule has 6 aromatic rings. The smallest absolute Gasteiger partial charge is 0.257 e. The molecule has 0 fully saturated rings. The van der Waals surface area contributed by atoms with E-state index in [9.17, 15) is 4.79 Å². The van der Waals surface area contributed by atoms with Gasteiger partial charge in [-0.3, -0.25) is 4.79 Å². The Hall–Kier alpha value is -6.00. The summed E-state index contributed by atoms with van der Waals surface area (Å²) in [6.07, 6.45) is 5.13. The topological polar surface area (TPSA) is 106 Å². The third-order valence-electron chi connectivity index (χ3n) is 9.18. The zero-order valence-corrected chi connectivity index (χ0v) is 30.2. The van der Waals surface area contributed by atoms with Gasteiger partial charge in [0.25, 0.3) is 5.91 Å². The van der Waals surface area contributed by atoms with Gasteiger partial charge in [-0.25, -0.2) is 9.97 Å². The Morgan fingerprint density at radius 2 is 1.52 bits per heavy atom. The van der Waals surface area contributed by atoms with E-state index in [1.165, 1.54) is 0 Å². The molecule has 1 amide bonds. The number of nitrogens with zero attached hydrogens (tertiary/aromatic N) is 3. The van der Waals surface area contributed by atoms with Crippen molar-refractivity contribution < 1.29 is 28.5 Å². The van der Waals surface area contributed by atoms with Crippen LogP contribution in [0, 0.1) is 0 Å². The lowest BCUT2D eigenvalue weighted by molar-refractivity contribution is 0.102. The first-order valence-corrected chi connectivity index (χ1v) is 17.0. The molecule has 4 aromatic carbocycles. The van der Waals surface area contributed by atoms with Crippen molar-refractivity contribution in [3.63, 3.8) is 0 Å². The Morgan fingerprint density at radius 3 is 2.21 bits per heavy atom. The zero-order valence-electron chi connectivity index (χ0n) is 29.5. The number of fused-ring (bicyclic) bond motifs is 2. The average Bonchev–Trinajstić information content (AvgIpc) is 3.76. The van der Waals surface area contributed by atoms with E-state index in [0.717, 1.165) is 44.4 Å². The highest BCUT2D eigenvalue weighted by atomic mass is 35.5. The first-order chi connectivity index (χ1) is 25.3. The van der Waals surface area contributed by atoms with Crippen LogP contribution < -0.4 is 29.0 Å². The lowest BCUT2D eigenvalue weighted by atomic mass is 9.99. The molecule has 7 rings (SSSR count). The van der Waals surface area contributed by atoms with E-state index in [-0.39, 0.29) is 5.91 Å². The number of para-hydroxylation sites is 1. The van der Waals surface area contributed by atoms with Crippen molar-refractivity contribution in [2.75, 3.05) is 40.9 Å². The Balaban J connectivity index is 1.32. The molecule has 0 bridgehead atoms. The van der Waals surface area contributed by atoms with Crippen molar-refractivity contribution in [1.29, 1.82) is 0 Å². The van der Waals surface area contributed by atoms with Crippen molar-refractivity contribution >= 4 is 45.9 Å². The molecule has 2 heterocycles. The third kappa shape index (κ3) is 6.49. The van der Waals surface area contributed by atoms with E-state index >= 15 is 0 Å². The molecule has 0 spiro atoms. The maximum absolute atomic E-state index is 14.7. The summed E-state index contributed by atoms with van der Waals surface area (Å²) in [6, 6.07) is 24.7. The number of pyridine rings is 1. The summed E-state index contributed by atoms with van der Waals surface area (Å²) in [5.74, 6) is 3.16. The van der Waals surface area contributed by atoms with Crippen molar-refractivity contribution in [3.8, 4) is 40.0 Å². The number of carbonyl (C=O) groups excluding carboxylic acids is 1. The van der Waals surface area contributed by atoms with Crippen LogP contribution in [0.15, 0.2) is 85.2 Å². The summed E-state index contributed by atoms with van der Waals surface area (Å²) in [4.78, 5) is 24.6. The van der Waals surface area contributed by atoms with Gasteiger partial charge < -0.3 is 33.6 Å². The Morgan fingerprint density at radius 1 is 0.808 bits per heavy atom. The van der Waals surface area contributed by atoms with Gasteiger partial charge in [0.15, 0.2) is 23.0 Å². The van der Waals surface area contributed by atoms with Crippen LogP contribution in [-0.2, 0) is 13.0 Å². The minimum absolute atomic E-state index is 0.256. The second-order valence-corrected chi connectivity index (χ2v) is 12.6. The summed E-state index contributed by atoms with van der Waals surface area (Å²) in [5.41, 5.74) is 7.20. The largest absolute Gasteiger partial charge is 0.493 e. The van der Waals surface area contributed by atoms with Gasteiger partial charge in [0.1, 0.15) is 11.5 Å². The second-order valence-electron chi connectivity index (χ2n) is 12.2. The molecule has 11 heteroatoms. The molecule has 0 atom stereocenters. The molecular weight excluding hydrogens is 680 g/mol. The van der Waals surface area contributed by atoms with Crippen LogP contribution in [0.1, 0.15) is 39.2 Å². The molecule has 2 aromatic heterocycles. The number of hydrogen-bond donors (Lipinski definition) is 1. The maximum Gasteiger partial charge on any atom is 0.257 e. The van der Waals surface area contributed by atoms with Gasteiger partial charge in [0.05, 0.1) is 65.2 Å². The van der Waals surface area contributed by atoms with Gasteiger partial charge in [0, 0.05) is 16.0 Å². The number of ether oxygens (including phenoxy) is 5. The second kappa shape index (κ2) is 14.7. The summed E-state index contributed by atoms with van der Waals surface area (Å²) < 4.78 is 29.6. The molecule has 0 saturated carbocycles. The fourth-order valence-electron chi connectivity index (χ4n) is 6.72. The van der Waals surface area contributed by atoms with Gasteiger partial charge in [-0.2, -0.15) is 0 Å². The number of benzene rings is 4. The number of anilines is 1. The highest BCUT2D eigenvalue weighted by molar-refractivity contribution is 6.30. The highest BCUT2D eigenvalue weighted by Crippen LogP contribution is 2.42. The lowest BCUT2D eigenvalue weighted by Crippen LogP contribution is -2.18. The Bertz CT molecular complexity index is 2310. The standard InChI is InChI=1S/C41H37ClN4O6/c1-48-32-17-10-24(19-33(32)49-2)22-46-23-43-38(26-11-14-28(42)15-12-26)40(46)45-41(47)36-29-8-6-7-9-31(29)44-37-27(13-16-30(36)37)18-25-20-34(50-3)39(52-5)35(21-25)51-4/h6-12,14-15,17-21,23H,13,16,22H2,1-5H3,(H,45,47)/b27-18-. The monoisotopic (exact) mass is 716 g/mol. The molecule has 10 nitrogen and oxygen atoms in total. The number of amides is 1. The first-order valence-electron chi connectivity index (χ1n) is 16.6. The first kappa shape index (κ1) is 34.4. The van der Waals surface area contributed by atoms with Crippen LogP contribution in [0.25, 0.3) is 33.8 Å². The summed E-state index contributed by atoms with van der Waals surface area (Å²) >= 11 is 6.24. The van der Waals surface area contributed by atoms with E-state index in [1.807, 2.05) is 71.3 Å². The van der Waals surface area contributed by atoms with Crippen LogP contribution in [0.3, 0.4) is 0 Å². The van der Waals surface area contributed by atoms with E-state index in [0.29, 0.717) is 70.2 Å². The van der Waals surface area contributed by atoms with Crippen molar-refractivity contribution in [3.05, 3.63) is 118 Å². The molecule has 1 aliphatic carbocycles. The summed E-state index contributed by atoms with van der Waals surface area (Å²) in [6.45, 7) is 0.410. The number of carbonyl (C=O) groups is 1. The van der Waals surface area contributed by atoms with E-state index in [1.54, 1.807) is 54.0 Å². The zero-order chi connectivity index (χ0) is 36.4. The van der Waals surface area contributed by atoms with Crippen molar-refractivity contribution in [1.82, 2.24) is 14.5 Å². The molecule has 1 N–H and O–H groups in total. The minimum Gasteiger partial charge on any atom is -0.493 e. The lowest BCUT2D eigenvalue weighted by Gasteiger charge is -2.16. The van der Waals surface area contributed by atoms with Gasteiger partial charge in [-0.1, -0.05) is 48.0 Å². The summed E-state index contributed by atoms with van der Waals surface area (Å²) in [5, 5.41) is 4.64. The summed E-state index contributed by atoms with van der Waals surface area (Å²) in [7, 11) is 7.97. The molecule has 264 valence electrons. The maximum atomic E-state index is 14.7. The SMILES string of the molecule is COc1ccc(Cn2cnc(-c3ccc(Cl)cc3)c2NC(=O)c2c3c(nc4ccccc24)/C(=C\c2cc(OC)c(OC)c(OC)c2)CC3)cc1OC. The number of aromatic nitrogens is 3. The van der Waals surface area contributed by atoms with E-state index in [2.05, 4.69) is 11.4 Å². The third-order valence-corrected chi connectivity index (χ3v) is 9.44. The number of halogens is 1. The van der Waals surface area contributed by atoms with Gasteiger partial charge in [0.2, 0.25) is 5.75 Å². The van der Waals surface area contributed by atoms with Crippen molar-refractivity contribution in [2.45, 2.75) is 19.4 Å². The molecular formula is C41H37ClN4O6. The van der Waals surface area contributed by atoms with Crippen molar-refractivity contribution in [2.24, 2.45) is 0 Å².